The van der Waals surface area contributed by atoms with Gasteiger partial charge in [0, 0.05) is 11.6 Å². The first-order chi connectivity index (χ1) is 14.7. The molecule has 0 aromatic heterocycles. The van der Waals surface area contributed by atoms with Crippen LogP contribution in [0.4, 0.5) is 23.2 Å². The highest BCUT2D eigenvalue weighted by molar-refractivity contribution is 6.53. The van der Waals surface area contributed by atoms with Crippen LogP contribution in [0.25, 0.3) is 0 Å². The van der Waals surface area contributed by atoms with Gasteiger partial charge < -0.3 is 10.6 Å². The maximum atomic E-state index is 13.9. The summed E-state index contributed by atoms with van der Waals surface area (Å²) in [5.41, 5.74) is 0.0349. The van der Waals surface area contributed by atoms with Gasteiger partial charge in [-0.2, -0.15) is 13.2 Å². The zero-order chi connectivity index (χ0) is 24.0. The maximum Gasteiger partial charge on any atom is 0.405 e. The second kappa shape index (κ2) is 9.06. The molecule has 172 valence electrons. The van der Waals surface area contributed by atoms with Crippen LogP contribution >= 0.6 is 58.0 Å². The second-order valence-electron chi connectivity index (χ2n) is 6.91. The minimum Gasteiger partial charge on any atom is -0.343 e. The number of rotatable bonds is 5. The molecule has 1 aliphatic carbocycles. The number of nitrogens with one attached hydrogen (secondary N) is 2. The van der Waals surface area contributed by atoms with Crippen LogP contribution < -0.4 is 10.6 Å². The van der Waals surface area contributed by atoms with Crippen LogP contribution in [-0.4, -0.2) is 28.9 Å². The van der Waals surface area contributed by atoms with Crippen molar-refractivity contribution in [2.75, 3.05) is 11.9 Å². The summed E-state index contributed by atoms with van der Waals surface area (Å²) >= 11 is 29.9. The Hall–Kier alpha value is -1.45. The number of halogens is 9. The van der Waals surface area contributed by atoms with Crippen LogP contribution in [0.2, 0.25) is 15.1 Å². The monoisotopic (exact) mass is 550 g/mol. The fourth-order valence-corrected chi connectivity index (χ4v) is 4.45. The SMILES string of the molecule is O=C(NCC(F)(F)F)c1cc(NC(=O)[C@H]2[C@H](c3cc(F)c(Cl)c(Cl)c3)C2(Cl)Cl)ccc1Cl. The number of carbonyl (C=O) groups excluding carboxylic acids is 2. The maximum absolute atomic E-state index is 13.9. The molecule has 0 heterocycles. The molecule has 32 heavy (non-hydrogen) atoms. The number of benzene rings is 2. The number of amides is 2. The summed E-state index contributed by atoms with van der Waals surface area (Å²) in [6.07, 6.45) is -4.61. The molecule has 0 bridgehead atoms. The van der Waals surface area contributed by atoms with Gasteiger partial charge in [-0.1, -0.05) is 34.8 Å². The van der Waals surface area contributed by atoms with Gasteiger partial charge in [-0.15, -0.1) is 23.2 Å². The van der Waals surface area contributed by atoms with E-state index in [0.717, 1.165) is 12.1 Å². The predicted molar refractivity (Wildman–Crippen MR) is 116 cm³/mol. The Morgan fingerprint density at radius 1 is 1.03 bits per heavy atom. The zero-order valence-electron chi connectivity index (χ0n) is 15.5. The predicted octanol–water partition coefficient (Wildman–Crippen LogP) is 6.60. The average molecular weight is 553 g/mol. The second-order valence-corrected chi connectivity index (χ2v) is 9.55. The van der Waals surface area contributed by atoms with Gasteiger partial charge in [0.05, 0.1) is 26.5 Å². The third kappa shape index (κ3) is 5.37. The van der Waals surface area contributed by atoms with Crippen LogP contribution in [0, 0.1) is 11.7 Å². The first-order valence-corrected chi connectivity index (χ1v) is 10.6. The topological polar surface area (TPSA) is 58.2 Å². The van der Waals surface area contributed by atoms with Gasteiger partial charge in [0.15, 0.2) is 0 Å². The van der Waals surface area contributed by atoms with Gasteiger partial charge in [0.1, 0.15) is 16.7 Å². The minimum atomic E-state index is -4.61. The first-order valence-electron chi connectivity index (χ1n) is 8.70. The summed E-state index contributed by atoms with van der Waals surface area (Å²) < 4.78 is 49.3. The van der Waals surface area contributed by atoms with Crippen LogP contribution in [0.5, 0.6) is 0 Å². The third-order valence-corrected chi connectivity index (χ3v) is 6.68. The Bertz CT molecular complexity index is 1070. The van der Waals surface area contributed by atoms with Gasteiger partial charge in [0.2, 0.25) is 5.91 Å². The summed E-state index contributed by atoms with van der Waals surface area (Å²) in [6.45, 7) is -1.55. The summed E-state index contributed by atoms with van der Waals surface area (Å²) in [4.78, 5) is 24.7. The van der Waals surface area contributed by atoms with Crippen molar-refractivity contribution >= 4 is 75.5 Å². The number of hydrogen-bond acceptors (Lipinski definition) is 2. The Morgan fingerprint density at radius 2 is 1.69 bits per heavy atom. The van der Waals surface area contributed by atoms with Crippen molar-refractivity contribution in [3.8, 4) is 0 Å². The van der Waals surface area contributed by atoms with E-state index in [4.69, 9.17) is 58.0 Å². The molecule has 2 amide bonds. The molecule has 0 radical (unpaired) electrons. The molecule has 0 aliphatic heterocycles. The molecule has 2 aromatic carbocycles. The highest BCUT2D eigenvalue weighted by Crippen LogP contribution is 2.65. The molecular weight excluding hydrogens is 541 g/mol. The molecule has 1 saturated carbocycles. The fourth-order valence-electron chi connectivity index (χ4n) is 3.10. The van der Waals surface area contributed by atoms with Crippen LogP contribution in [-0.2, 0) is 4.79 Å². The molecule has 0 saturated heterocycles. The Kier molecular flexibility index (Phi) is 7.13. The molecule has 3 rings (SSSR count). The summed E-state index contributed by atoms with van der Waals surface area (Å²) in [5, 5.41) is 3.67. The molecule has 13 heteroatoms. The van der Waals surface area contributed by atoms with Crippen LogP contribution in [0.3, 0.4) is 0 Å². The van der Waals surface area contributed by atoms with Crippen molar-refractivity contribution in [2.24, 2.45) is 5.92 Å². The zero-order valence-corrected chi connectivity index (χ0v) is 19.2. The Labute approximate surface area is 204 Å². The number of alkyl halides is 5. The van der Waals surface area contributed by atoms with E-state index in [-0.39, 0.29) is 31.9 Å². The van der Waals surface area contributed by atoms with E-state index in [2.05, 4.69) is 5.32 Å². The molecule has 1 fully saturated rings. The van der Waals surface area contributed by atoms with Crippen LogP contribution in [0.1, 0.15) is 21.8 Å². The van der Waals surface area contributed by atoms with Crippen molar-refractivity contribution in [1.29, 1.82) is 0 Å². The van der Waals surface area contributed by atoms with Gasteiger partial charge in [-0.05, 0) is 35.9 Å². The Balaban J connectivity index is 1.77. The van der Waals surface area contributed by atoms with Crippen molar-refractivity contribution in [2.45, 2.75) is 16.4 Å². The number of hydrogen-bond donors (Lipinski definition) is 2. The lowest BCUT2D eigenvalue weighted by molar-refractivity contribution is -0.123. The lowest BCUT2D eigenvalue weighted by Gasteiger charge is -2.11. The molecule has 2 atom stereocenters. The van der Waals surface area contributed by atoms with Crippen LogP contribution in [0.15, 0.2) is 30.3 Å². The number of anilines is 1. The lowest BCUT2D eigenvalue weighted by atomic mass is 10.1. The third-order valence-electron chi connectivity index (χ3n) is 4.63. The van der Waals surface area contributed by atoms with Crippen molar-refractivity contribution in [3.63, 3.8) is 0 Å². The van der Waals surface area contributed by atoms with E-state index in [1.807, 2.05) is 0 Å². The largest absolute Gasteiger partial charge is 0.405 e. The summed E-state index contributed by atoms with van der Waals surface area (Å²) in [6, 6.07) is 6.08. The van der Waals surface area contributed by atoms with E-state index >= 15 is 0 Å². The molecule has 0 unspecified atom stereocenters. The summed E-state index contributed by atoms with van der Waals surface area (Å²) in [7, 11) is 0. The van der Waals surface area contributed by atoms with E-state index in [1.54, 1.807) is 5.32 Å². The molecule has 0 spiro atoms. The normalized spacial score (nSPS) is 19.4. The van der Waals surface area contributed by atoms with Gasteiger partial charge in [0.25, 0.3) is 5.91 Å². The van der Waals surface area contributed by atoms with E-state index < -0.39 is 46.5 Å². The smallest absolute Gasteiger partial charge is 0.343 e. The van der Waals surface area contributed by atoms with E-state index in [1.165, 1.54) is 18.2 Å². The van der Waals surface area contributed by atoms with Crippen molar-refractivity contribution in [1.82, 2.24) is 5.32 Å². The average Bonchev–Trinajstić information content (AvgIpc) is 3.27. The quantitative estimate of drug-likeness (QED) is 0.249. The molecule has 2 N–H and O–H groups in total. The minimum absolute atomic E-state index is 0.0617. The van der Waals surface area contributed by atoms with E-state index in [9.17, 15) is 27.2 Å². The standard InChI is InChI=1S/C19H11Cl5F4N2O2/c20-10-2-1-8(5-9(10)16(31)29-6-18(26,27)28)30-17(32)14-13(19(14,23)24)7-3-11(21)15(22)12(25)4-7/h1-5,13-14H,6H2,(H,29,31)(H,30,32)/t13-,14+/m0/s1. The van der Waals surface area contributed by atoms with Crippen molar-refractivity contribution < 1.29 is 27.2 Å². The van der Waals surface area contributed by atoms with Gasteiger partial charge >= 0.3 is 6.18 Å². The van der Waals surface area contributed by atoms with Gasteiger partial charge in [-0.3, -0.25) is 9.59 Å². The highest BCUT2D eigenvalue weighted by Gasteiger charge is 2.67. The summed E-state index contributed by atoms with van der Waals surface area (Å²) in [5.74, 6) is -4.38. The van der Waals surface area contributed by atoms with Crippen molar-refractivity contribution in [3.05, 3.63) is 62.3 Å². The highest BCUT2D eigenvalue weighted by atomic mass is 35.5. The first kappa shape index (κ1) is 25.2. The fraction of sp³-hybridized carbons (Fsp3) is 0.263. The molecule has 4 nitrogen and oxygen atoms in total. The Morgan fingerprint density at radius 3 is 2.28 bits per heavy atom. The molecule has 2 aromatic rings. The molecular formula is C19H11Cl5F4N2O2. The van der Waals surface area contributed by atoms with Gasteiger partial charge in [-0.25, -0.2) is 4.39 Å². The number of carbonyl (C=O) groups is 2. The lowest BCUT2D eigenvalue weighted by Crippen LogP contribution is -2.33. The van der Waals surface area contributed by atoms with E-state index in [0.29, 0.717) is 0 Å². The molecule has 1 aliphatic rings.